The summed E-state index contributed by atoms with van der Waals surface area (Å²) >= 11 is 5.87. The third kappa shape index (κ3) is 9.39. The fraction of sp³-hybridized carbons (Fsp3) is 0.611. The van der Waals surface area contributed by atoms with Gasteiger partial charge in [-0.3, -0.25) is 0 Å². The molecule has 0 aromatic heterocycles. The monoisotopic (exact) mass is 295 g/mol. The summed E-state index contributed by atoms with van der Waals surface area (Å²) in [6.07, 6.45) is 10.9. The summed E-state index contributed by atoms with van der Waals surface area (Å²) in [6, 6.07) is 8.20. The van der Waals surface area contributed by atoms with E-state index in [0.717, 1.165) is 31.1 Å². The molecule has 0 aliphatic heterocycles. The second-order valence-corrected chi connectivity index (χ2v) is 5.75. The Morgan fingerprint density at radius 2 is 1.40 bits per heavy atom. The van der Waals surface area contributed by atoms with Gasteiger partial charge in [0.05, 0.1) is 0 Å². The normalized spacial score (nSPS) is 10.9. The Kier molecular flexibility index (Phi) is 10.7. The van der Waals surface area contributed by atoms with E-state index in [1.165, 1.54) is 50.5 Å². The highest BCUT2D eigenvalue weighted by Gasteiger charge is 1.95. The molecule has 0 aliphatic carbocycles. The predicted octanol–water partition coefficient (Wildman–Crippen LogP) is 5.85. The van der Waals surface area contributed by atoms with Crippen molar-refractivity contribution in [3.8, 4) is 0 Å². The average molecular weight is 296 g/mol. The van der Waals surface area contributed by atoms with Crippen molar-refractivity contribution in [2.75, 3.05) is 13.2 Å². The molecule has 0 saturated carbocycles. The van der Waals surface area contributed by atoms with Crippen LogP contribution >= 0.6 is 11.6 Å². The van der Waals surface area contributed by atoms with Crippen LogP contribution in [0, 0.1) is 6.92 Å². The minimum atomic E-state index is 0.823. The summed E-state index contributed by atoms with van der Waals surface area (Å²) in [4.78, 5) is 0. The van der Waals surface area contributed by atoms with E-state index in [4.69, 9.17) is 16.3 Å². The molecule has 0 unspecified atom stereocenters. The molecule has 1 radical (unpaired) electrons. The lowest BCUT2D eigenvalue weighted by molar-refractivity contribution is 0.126. The first-order chi connectivity index (χ1) is 9.83. The summed E-state index contributed by atoms with van der Waals surface area (Å²) < 4.78 is 5.58. The van der Waals surface area contributed by atoms with Gasteiger partial charge in [0.1, 0.15) is 0 Å². The molecule has 0 fully saturated rings. The van der Waals surface area contributed by atoms with Crippen LogP contribution in [0.25, 0.3) is 0 Å². The number of hydrogen-bond donors (Lipinski definition) is 0. The van der Waals surface area contributed by atoms with Crippen LogP contribution in [0.2, 0.25) is 5.02 Å². The molecule has 2 heteroatoms. The van der Waals surface area contributed by atoms with Gasteiger partial charge in [0.25, 0.3) is 0 Å². The number of unbranched alkanes of at least 4 members (excludes halogenated alkanes) is 6. The second kappa shape index (κ2) is 12.2. The number of benzene rings is 1. The lowest BCUT2D eigenvalue weighted by Gasteiger charge is -2.04. The van der Waals surface area contributed by atoms with Crippen LogP contribution in [-0.2, 0) is 11.2 Å². The fourth-order valence-electron chi connectivity index (χ4n) is 2.20. The zero-order valence-corrected chi connectivity index (χ0v) is 13.3. The van der Waals surface area contributed by atoms with Crippen molar-refractivity contribution < 1.29 is 4.74 Å². The van der Waals surface area contributed by atoms with Gasteiger partial charge < -0.3 is 4.74 Å². The van der Waals surface area contributed by atoms with Crippen LogP contribution in [0.4, 0.5) is 0 Å². The SMILES string of the molecule is [CH2]CCCCOCCCCCCCc1ccc(Cl)cc1. The van der Waals surface area contributed by atoms with Gasteiger partial charge >= 0.3 is 0 Å². The quantitative estimate of drug-likeness (QED) is 0.439. The van der Waals surface area contributed by atoms with Crippen LogP contribution in [0.3, 0.4) is 0 Å². The van der Waals surface area contributed by atoms with Crippen molar-refractivity contribution in [1.29, 1.82) is 0 Å². The van der Waals surface area contributed by atoms with Crippen LogP contribution < -0.4 is 0 Å². The van der Waals surface area contributed by atoms with E-state index in [9.17, 15) is 0 Å². The predicted molar refractivity (Wildman–Crippen MR) is 88.3 cm³/mol. The summed E-state index contributed by atoms with van der Waals surface area (Å²) in [7, 11) is 0. The Labute approximate surface area is 129 Å². The van der Waals surface area contributed by atoms with E-state index in [1.54, 1.807) is 0 Å². The van der Waals surface area contributed by atoms with E-state index in [2.05, 4.69) is 19.1 Å². The highest BCUT2D eigenvalue weighted by molar-refractivity contribution is 6.30. The minimum Gasteiger partial charge on any atom is -0.381 e. The minimum absolute atomic E-state index is 0.823. The van der Waals surface area contributed by atoms with E-state index >= 15 is 0 Å². The molecule has 1 aromatic rings. The Morgan fingerprint density at radius 3 is 2.10 bits per heavy atom. The third-order valence-electron chi connectivity index (χ3n) is 3.46. The van der Waals surface area contributed by atoms with Crippen molar-refractivity contribution in [3.05, 3.63) is 41.8 Å². The molecule has 0 saturated heterocycles. The van der Waals surface area contributed by atoms with E-state index < -0.39 is 0 Å². The number of hydrogen-bond acceptors (Lipinski definition) is 1. The van der Waals surface area contributed by atoms with Crippen molar-refractivity contribution in [2.45, 2.75) is 57.8 Å². The zero-order chi connectivity index (χ0) is 14.5. The summed E-state index contributed by atoms with van der Waals surface area (Å²) in [5, 5.41) is 0.823. The maximum absolute atomic E-state index is 5.87. The maximum Gasteiger partial charge on any atom is 0.0466 e. The molecule has 0 amide bonds. The van der Waals surface area contributed by atoms with Crippen LogP contribution in [-0.4, -0.2) is 13.2 Å². The Balaban J connectivity index is 1.84. The first-order valence-electron chi connectivity index (χ1n) is 7.94. The van der Waals surface area contributed by atoms with Gasteiger partial charge in [-0.05, 0) is 43.4 Å². The van der Waals surface area contributed by atoms with Crippen LogP contribution in [0.15, 0.2) is 24.3 Å². The van der Waals surface area contributed by atoms with Gasteiger partial charge in [-0.2, -0.15) is 0 Å². The molecule has 1 nitrogen and oxygen atoms in total. The van der Waals surface area contributed by atoms with Crippen LogP contribution in [0.5, 0.6) is 0 Å². The molecule has 0 atom stereocenters. The topological polar surface area (TPSA) is 9.23 Å². The van der Waals surface area contributed by atoms with E-state index in [0.29, 0.717) is 0 Å². The molecule has 0 heterocycles. The second-order valence-electron chi connectivity index (χ2n) is 5.32. The molecule has 0 spiro atoms. The number of halogens is 1. The Hall–Kier alpha value is -0.530. The molecular formula is C18H28ClO. The smallest absolute Gasteiger partial charge is 0.0466 e. The van der Waals surface area contributed by atoms with Gasteiger partial charge in [-0.25, -0.2) is 0 Å². The largest absolute Gasteiger partial charge is 0.381 e. The molecule has 1 rings (SSSR count). The van der Waals surface area contributed by atoms with Crippen LogP contribution in [0.1, 0.15) is 56.9 Å². The molecule has 0 N–H and O–H groups in total. The molecule has 0 aliphatic rings. The molecular weight excluding hydrogens is 268 g/mol. The van der Waals surface area contributed by atoms with Crippen molar-refractivity contribution >= 4 is 11.6 Å². The summed E-state index contributed by atoms with van der Waals surface area (Å²) in [5.74, 6) is 0. The van der Waals surface area contributed by atoms with Gasteiger partial charge in [0, 0.05) is 18.2 Å². The summed E-state index contributed by atoms with van der Waals surface area (Å²) in [6.45, 7) is 5.66. The first kappa shape index (κ1) is 17.5. The van der Waals surface area contributed by atoms with Crippen molar-refractivity contribution in [1.82, 2.24) is 0 Å². The molecule has 20 heavy (non-hydrogen) atoms. The number of aryl methyl sites for hydroxylation is 1. The van der Waals surface area contributed by atoms with Crippen molar-refractivity contribution in [3.63, 3.8) is 0 Å². The average Bonchev–Trinajstić information content (AvgIpc) is 2.47. The fourth-order valence-corrected chi connectivity index (χ4v) is 2.32. The van der Waals surface area contributed by atoms with Gasteiger partial charge in [0.2, 0.25) is 0 Å². The maximum atomic E-state index is 5.87. The van der Waals surface area contributed by atoms with Gasteiger partial charge in [0.15, 0.2) is 0 Å². The Morgan fingerprint density at radius 1 is 0.800 bits per heavy atom. The first-order valence-corrected chi connectivity index (χ1v) is 8.32. The third-order valence-corrected chi connectivity index (χ3v) is 3.71. The zero-order valence-electron chi connectivity index (χ0n) is 12.6. The van der Waals surface area contributed by atoms with E-state index in [-0.39, 0.29) is 0 Å². The number of ether oxygens (including phenoxy) is 1. The number of rotatable bonds is 12. The molecule has 1 aromatic carbocycles. The highest BCUT2D eigenvalue weighted by Crippen LogP contribution is 2.13. The lowest BCUT2D eigenvalue weighted by atomic mass is 10.1. The lowest BCUT2D eigenvalue weighted by Crippen LogP contribution is -1.97. The summed E-state index contributed by atoms with van der Waals surface area (Å²) in [5.41, 5.74) is 1.39. The Bertz CT molecular complexity index is 321. The van der Waals surface area contributed by atoms with Gasteiger partial charge in [-0.15, -0.1) is 0 Å². The van der Waals surface area contributed by atoms with Crippen molar-refractivity contribution in [2.24, 2.45) is 0 Å². The highest BCUT2D eigenvalue weighted by atomic mass is 35.5. The standard InChI is InChI=1S/C18H28ClO/c1-2-3-8-15-20-16-9-6-4-5-7-10-17-11-13-18(19)14-12-17/h11-14H,1-10,15-16H2. The van der Waals surface area contributed by atoms with E-state index in [1.807, 2.05) is 12.1 Å². The van der Waals surface area contributed by atoms with Gasteiger partial charge in [-0.1, -0.05) is 62.8 Å². The molecule has 0 bridgehead atoms. The molecule has 113 valence electrons.